The molecule has 0 unspecified atom stereocenters. The molecule has 0 saturated carbocycles. The van der Waals surface area contributed by atoms with E-state index in [1.54, 1.807) is 23.9 Å². The lowest BCUT2D eigenvalue weighted by Gasteiger charge is -2.15. The lowest BCUT2D eigenvalue weighted by atomic mass is 10.2. The molecule has 0 spiro atoms. The molecular formula is C13H15Cl2N3OS. The van der Waals surface area contributed by atoms with Gasteiger partial charge in [0, 0.05) is 9.77 Å². The molecule has 20 heavy (non-hydrogen) atoms. The smallest absolute Gasteiger partial charge is 0.260 e. The minimum atomic E-state index is 0.138. The molecule has 0 atom stereocenters. The summed E-state index contributed by atoms with van der Waals surface area (Å²) in [4.78, 5) is 4.33. The number of nitrogens with two attached hydrogens (primary N) is 1. The second-order valence-corrected chi connectivity index (χ2v) is 7.91. The van der Waals surface area contributed by atoms with Gasteiger partial charge in [-0.05, 0) is 12.1 Å². The highest BCUT2D eigenvalue weighted by Crippen LogP contribution is 2.34. The minimum Gasteiger partial charge on any atom is -0.397 e. The Morgan fingerprint density at radius 2 is 2.00 bits per heavy atom. The summed E-state index contributed by atoms with van der Waals surface area (Å²) < 4.78 is 5.37. The first-order chi connectivity index (χ1) is 9.26. The standard InChI is InChI=1S/C13H15Cl2N3OS/c1-13(2,3)20-6-10-17-12(19-18-10)8-4-7(14)5-9(15)11(8)16/h4-5H,6,16H2,1-3H3. The Hall–Kier alpha value is -0.910. The predicted molar refractivity (Wildman–Crippen MR) is 85.2 cm³/mol. The van der Waals surface area contributed by atoms with Crippen molar-refractivity contribution in [2.45, 2.75) is 31.3 Å². The molecule has 0 radical (unpaired) electrons. The number of nitrogens with zero attached hydrogens (tertiary/aromatic N) is 2. The average molecular weight is 332 g/mol. The fourth-order valence-corrected chi connectivity index (χ4v) is 2.64. The third-order valence-electron chi connectivity index (χ3n) is 2.43. The van der Waals surface area contributed by atoms with Crippen molar-refractivity contribution in [2.75, 3.05) is 5.73 Å². The van der Waals surface area contributed by atoms with Gasteiger partial charge in [-0.25, -0.2) is 0 Å². The molecule has 2 N–H and O–H groups in total. The first kappa shape index (κ1) is 15.5. The van der Waals surface area contributed by atoms with E-state index in [0.29, 0.717) is 38.8 Å². The Bertz CT molecular complexity index is 623. The van der Waals surface area contributed by atoms with Crippen LogP contribution in [0.15, 0.2) is 16.7 Å². The molecule has 108 valence electrons. The van der Waals surface area contributed by atoms with Gasteiger partial charge in [0.25, 0.3) is 5.89 Å². The summed E-state index contributed by atoms with van der Waals surface area (Å²) in [5.41, 5.74) is 6.85. The Labute approximate surface area is 132 Å². The molecule has 0 aliphatic heterocycles. The maximum absolute atomic E-state index is 5.99. The van der Waals surface area contributed by atoms with Crippen molar-refractivity contribution < 1.29 is 4.52 Å². The van der Waals surface area contributed by atoms with Gasteiger partial charge in [0.15, 0.2) is 5.82 Å². The monoisotopic (exact) mass is 331 g/mol. The van der Waals surface area contributed by atoms with Crippen LogP contribution in [0.25, 0.3) is 11.5 Å². The Balaban J connectivity index is 2.25. The van der Waals surface area contributed by atoms with E-state index in [9.17, 15) is 0 Å². The lowest BCUT2D eigenvalue weighted by molar-refractivity contribution is 0.425. The normalized spacial score (nSPS) is 11.8. The average Bonchev–Trinajstić information content (AvgIpc) is 2.79. The second kappa shape index (κ2) is 5.84. The van der Waals surface area contributed by atoms with Crippen LogP contribution in [0.2, 0.25) is 10.0 Å². The van der Waals surface area contributed by atoms with Crippen molar-refractivity contribution >= 4 is 40.7 Å². The Morgan fingerprint density at radius 1 is 1.30 bits per heavy atom. The largest absolute Gasteiger partial charge is 0.397 e. The maximum Gasteiger partial charge on any atom is 0.260 e. The maximum atomic E-state index is 5.99. The molecule has 1 aromatic heterocycles. The summed E-state index contributed by atoms with van der Waals surface area (Å²) >= 11 is 13.7. The van der Waals surface area contributed by atoms with Gasteiger partial charge in [-0.3, -0.25) is 0 Å². The molecular weight excluding hydrogens is 317 g/mol. The Morgan fingerprint density at radius 3 is 2.65 bits per heavy atom. The highest BCUT2D eigenvalue weighted by Gasteiger charge is 2.17. The molecule has 0 saturated heterocycles. The van der Waals surface area contributed by atoms with Crippen molar-refractivity contribution in [2.24, 2.45) is 0 Å². The molecule has 4 nitrogen and oxygen atoms in total. The van der Waals surface area contributed by atoms with Crippen molar-refractivity contribution in [3.05, 3.63) is 28.0 Å². The molecule has 0 fully saturated rings. The number of anilines is 1. The molecule has 7 heteroatoms. The van der Waals surface area contributed by atoms with Crippen LogP contribution < -0.4 is 5.73 Å². The zero-order valence-electron chi connectivity index (χ0n) is 11.4. The summed E-state index contributed by atoms with van der Waals surface area (Å²) in [6, 6.07) is 3.24. The van der Waals surface area contributed by atoms with Crippen molar-refractivity contribution in [3.63, 3.8) is 0 Å². The van der Waals surface area contributed by atoms with E-state index in [1.807, 2.05) is 0 Å². The zero-order chi connectivity index (χ0) is 14.9. The molecule has 1 aromatic carbocycles. The summed E-state index contributed by atoms with van der Waals surface area (Å²) in [7, 11) is 0. The third-order valence-corrected chi connectivity index (χ3v) is 4.23. The molecule has 0 bridgehead atoms. The number of hydrogen-bond acceptors (Lipinski definition) is 5. The van der Waals surface area contributed by atoms with Crippen LogP contribution in [0.5, 0.6) is 0 Å². The fraction of sp³-hybridized carbons (Fsp3) is 0.385. The summed E-state index contributed by atoms with van der Waals surface area (Å²) in [6.07, 6.45) is 0. The SMILES string of the molecule is CC(C)(C)SCc1noc(-c2cc(Cl)cc(Cl)c2N)n1. The number of thioether (sulfide) groups is 1. The highest BCUT2D eigenvalue weighted by atomic mass is 35.5. The van der Waals surface area contributed by atoms with Crippen LogP contribution in [0.3, 0.4) is 0 Å². The molecule has 0 aliphatic rings. The van der Waals surface area contributed by atoms with E-state index in [-0.39, 0.29) is 4.75 Å². The molecule has 2 rings (SSSR count). The zero-order valence-corrected chi connectivity index (χ0v) is 13.7. The van der Waals surface area contributed by atoms with Crippen LogP contribution >= 0.6 is 35.0 Å². The third kappa shape index (κ3) is 3.81. The van der Waals surface area contributed by atoms with E-state index < -0.39 is 0 Å². The van der Waals surface area contributed by atoms with Crippen LogP contribution in [0, 0.1) is 0 Å². The van der Waals surface area contributed by atoms with E-state index in [4.69, 9.17) is 33.5 Å². The number of aromatic nitrogens is 2. The van der Waals surface area contributed by atoms with Gasteiger partial charge < -0.3 is 10.3 Å². The molecule has 1 heterocycles. The first-order valence-electron chi connectivity index (χ1n) is 5.98. The van der Waals surface area contributed by atoms with E-state index in [0.717, 1.165) is 0 Å². The Kier molecular flexibility index (Phi) is 4.52. The van der Waals surface area contributed by atoms with Gasteiger partial charge in [-0.1, -0.05) is 49.1 Å². The van der Waals surface area contributed by atoms with Crippen LogP contribution in [0.4, 0.5) is 5.69 Å². The van der Waals surface area contributed by atoms with Gasteiger partial charge in [-0.2, -0.15) is 4.98 Å². The summed E-state index contributed by atoms with van der Waals surface area (Å²) in [5, 5.41) is 4.79. The van der Waals surface area contributed by atoms with Crippen molar-refractivity contribution in [3.8, 4) is 11.5 Å². The lowest BCUT2D eigenvalue weighted by Crippen LogP contribution is -2.07. The van der Waals surface area contributed by atoms with Crippen LogP contribution in [-0.4, -0.2) is 14.9 Å². The highest BCUT2D eigenvalue weighted by molar-refractivity contribution is 7.99. The van der Waals surface area contributed by atoms with Crippen LogP contribution in [0.1, 0.15) is 26.6 Å². The number of rotatable bonds is 3. The quantitative estimate of drug-likeness (QED) is 0.828. The number of nitrogen functional groups attached to an aromatic ring is 1. The van der Waals surface area contributed by atoms with E-state index in [1.165, 1.54) is 0 Å². The topological polar surface area (TPSA) is 64.9 Å². The van der Waals surface area contributed by atoms with Gasteiger partial charge in [-0.15, -0.1) is 11.8 Å². The van der Waals surface area contributed by atoms with Crippen molar-refractivity contribution in [1.29, 1.82) is 0 Å². The summed E-state index contributed by atoms with van der Waals surface area (Å²) in [6.45, 7) is 6.40. The molecule has 2 aromatic rings. The number of benzene rings is 1. The molecule has 0 amide bonds. The van der Waals surface area contributed by atoms with Gasteiger partial charge >= 0.3 is 0 Å². The van der Waals surface area contributed by atoms with Crippen molar-refractivity contribution in [1.82, 2.24) is 10.1 Å². The van der Waals surface area contributed by atoms with E-state index in [2.05, 4.69) is 30.9 Å². The minimum absolute atomic E-state index is 0.138. The van der Waals surface area contributed by atoms with E-state index >= 15 is 0 Å². The van der Waals surface area contributed by atoms with Gasteiger partial charge in [0.1, 0.15) is 0 Å². The van der Waals surface area contributed by atoms with Gasteiger partial charge in [0.05, 0.1) is 22.0 Å². The first-order valence-corrected chi connectivity index (χ1v) is 7.72. The molecule has 0 aliphatic carbocycles. The second-order valence-electron chi connectivity index (χ2n) is 5.27. The van der Waals surface area contributed by atoms with Gasteiger partial charge in [0.2, 0.25) is 0 Å². The number of hydrogen-bond donors (Lipinski definition) is 1. The fourth-order valence-electron chi connectivity index (χ4n) is 1.46. The summed E-state index contributed by atoms with van der Waals surface area (Å²) in [5.74, 6) is 1.62. The number of halogens is 2. The van der Waals surface area contributed by atoms with Crippen LogP contribution in [-0.2, 0) is 5.75 Å². The predicted octanol–water partition coefficient (Wildman–Crippen LogP) is 4.66.